The van der Waals surface area contributed by atoms with Gasteiger partial charge in [-0.05, 0) is 24.3 Å². The number of fused-ring (bicyclic) bond motifs is 1. The molecule has 0 bridgehead atoms. The maximum absolute atomic E-state index is 12.4. The van der Waals surface area contributed by atoms with Crippen LogP contribution in [-0.4, -0.2) is 39.5 Å². The summed E-state index contributed by atoms with van der Waals surface area (Å²) in [5.41, 5.74) is -1.22. The number of carbonyl (C=O) groups excluding carboxylic acids is 3. The standard InChI is InChI=1S/C16H10N4O7/c1-18-15(22)10-4-2-8(6-12(10)16(18)23)17-14(21)11-5-3-9(19(24)25)7-13(11)20(26)27/h2-7H,1H3,(H,17,21). The monoisotopic (exact) mass is 370 g/mol. The minimum Gasteiger partial charge on any atom is -0.322 e. The van der Waals surface area contributed by atoms with Crippen LogP contribution in [0, 0.1) is 20.2 Å². The Morgan fingerprint density at radius 2 is 1.63 bits per heavy atom. The molecule has 1 aliphatic heterocycles. The number of hydrogen-bond acceptors (Lipinski definition) is 7. The summed E-state index contributed by atoms with van der Waals surface area (Å²) >= 11 is 0. The molecule has 0 unspecified atom stereocenters. The maximum Gasteiger partial charge on any atom is 0.289 e. The molecule has 0 aromatic heterocycles. The highest BCUT2D eigenvalue weighted by molar-refractivity contribution is 6.21. The summed E-state index contributed by atoms with van der Waals surface area (Å²) in [5, 5.41) is 24.3. The van der Waals surface area contributed by atoms with E-state index < -0.39 is 38.9 Å². The third-order valence-electron chi connectivity index (χ3n) is 3.98. The molecule has 1 aliphatic rings. The van der Waals surface area contributed by atoms with E-state index in [4.69, 9.17) is 0 Å². The number of nitrogens with zero attached hydrogens (tertiary/aromatic N) is 3. The van der Waals surface area contributed by atoms with Gasteiger partial charge in [-0.25, -0.2) is 0 Å². The van der Waals surface area contributed by atoms with E-state index in [-0.39, 0.29) is 22.4 Å². The van der Waals surface area contributed by atoms with E-state index >= 15 is 0 Å². The Labute approximate surface area is 150 Å². The summed E-state index contributed by atoms with van der Waals surface area (Å²) < 4.78 is 0. The van der Waals surface area contributed by atoms with Crippen molar-refractivity contribution in [2.24, 2.45) is 0 Å². The molecule has 0 saturated carbocycles. The normalized spacial score (nSPS) is 12.7. The minimum atomic E-state index is -0.901. The minimum absolute atomic E-state index is 0.0958. The van der Waals surface area contributed by atoms with E-state index in [1.165, 1.54) is 25.2 Å². The van der Waals surface area contributed by atoms with Crippen LogP contribution >= 0.6 is 0 Å². The molecular weight excluding hydrogens is 360 g/mol. The first kappa shape index (κ1) is 17.7. The number of non-ortho nitro benzene ring substituents is 1. The summed E-state index contributed by atoms with van der Waals surface area (Å²) in [6.45, 7) is 0. The van der Waals surface area contributed by atoms with Crippen molar-refractivity contribution in [2.45, 2.75) is 0 Å². The lowest BCUT2D eigenvalue weighted by atomic mass is 10.1. The molecule has 11 heteroatoms. The zero-order valence-corrected chi connectivity index (χ0v) is 13.7. The van der Waals surface area contributed by atoms with Gasteiger partial charge in [0, 0.05) is 18.8 Å². The molecular formula is C16H10N4O7. The lowest BCUT2D eigenvalue weighted by Crippen LogP contribution is -2.24. The SMILES string of the molecule is CN1C(=O)c2ccc(NC(=O)c3ccc([N+](=O)[O-])cc3[N+](=O)[O-])cc2C1=O. The fraction of sp³-hybridized carbons (Fsp3) is 0.0625. The summed E-state index contributed by atoms with van der Waals surface area (Å²) in [6.07, 6.45) is 0. The smallest absolute Gasteiger partial charge is 0.289 e. The highest BCUT2D eigenvalue weighted by Gasteiger charge is 2.33. The molecule has 11 nitrogen and oxygen atoms in total. The first-order valence-corrected chi connectivity index (χ1v) is 7.41. The molecule has 2 aromatic rings. The third kappa shape index (κ3) is 2.97. The van der Waals surface area contributed by atoms with Crippen molar-refractivity contribution >= 4 is 34.8 Å². The number of anilines is 1. The highest BCUT2D eigenvalue weighted by atomic mass is 16.6. The largest absolute Gasteiger partial charge is 0.322 e. The number of rotatable bonds is 4. The van der Waals surface area contributed by atoms with Crippen molar-refractivity contribution in [2.75, 3.05) is 12.4 Å². The van der Waals surface area contributed by atoms with E-state index in [1.807, 2.05) is 0 Å². The molecule has 0 aliphatic carbocycles. The number of carbonyl (C=O) groups is 3. The fourth-order valence-corrected chi connectivity index (χ4v) is 2.61. The molecule has 1 N–H and O–H groups in total. The first-order valence-electron chi connectivity index (χ1n) is 7.41. The molecule has 2 aromatic carbocycles. The van der Waals surface area contributed by atoms with Crippen molar-refractivity contribution in [3.8, 4) is 0 Å². The molecule has 3 rings (SSSR count). The molecule has 0 saturated heterocycles. The second kappa shape index (κ2) is 6.29. The van der Waals surface area contributed by atoms with Gasteiger partial charge in [0.1, 0.15) is 5.56 Å². The molecule has 136 valence electrons. The quantitative estimate of drug-likeness (QED) is 0.490. The lowest BCUT2D eigenvalue weighted by Gasteiger charge is -2.07. The van der Waals surface area contributed by atoms with Crippen LogP contribution in [0.25, 0.3) is 0 Å². The van der Waals surface area contributed by atoms with E-state index in [0.717, 1.165) is 17.0 Å². The predicted molar refractivity (Wildman–Crippen MR) is 90.6 cm³/mol. The molecule has 3 amide bonds. The van der Waals surface area contributed by atoms with Crippen LogP contribution in [0.2, 0.25) is 0 Å². The summed E-state index contributed by atoms with van der Waals surface area (Å²) in [7, 11) is 1.32. The molecule has 0 fully saturated rings. The fourth-order valence-electron chi connectivity index (χ4n) is 2.61. The van der Waals surface area contributed by atoms with Crippen LogP contribution in [0.1, 0.15) is 31.1 Å². The van der Waals surface area contributed by atoms with Crippen molar-refractivity contribution in [1.82, 2.24) is 4.90 Å². The average molecular weight is 370 g/mol. The average Bonchev–Trinajstić information content (AvgIpc) is 2.85. The Bertz CT molecular complexity index is 1050. The van der Waals surface area contributed by atoms with E-state index in [2.05, 4.69) is 5.32 Å². The topological polar surface area (TPSA) is 153 Å². The second-order valence-corrected chi connectivity index (χ2v) is 5.60. The van der Waals surface area contributed by atoms with Crippen LogP contribution in [-0.2, 0) is 0 Å². The van der Waals surface area contributed by atoms with E-state index in [1.54, 1.807) is 0 Å². The Morgan fingerprint density at radius 1 is 0.963 bits per heavy atom. The Balaban J connectivity index is 1.93. The van der Waals surface area contributed by atoms with Crippen LogP contribution in [0.5, 0.6) is 0 Å². The van der Waals surface area contributed by atoms with Gasteiger partial charge in [-0.15, -0.1) is 0 Å². The number of amides is 3. The van der Waals surface area contributed by atoms with Crippen molar-refractivity contribution in [3.05, 3.63) is 73.3 Å². The molecule has 27 heavy (non-hydrogen) atoms. The Hall–Kier alpha value is -4.15. The van der Waals surface area contributed by atoms with Crippen LogP contribution in [0.4, 0.5) is 17.1 Å². The number of imide groups is 1. The number of nitrogens with one attached hydrogen (secondary N) is 1. The molecule has 1 heterocycles. The van der Waals surface area contributed by atoms with Gasteiger partial charge < -0.3 is 5.32 Å². The lowest BCUT2D eigenvalue weighted by molar-refractivity contribution is -0.394. The van der Waals surface area contributed by atoms with Gasteiger partial charge in [-0.2, -0.15) is 0 Å². The maximum atomic E-state index is 12.4. The van der Waals surface area contributed by atoms with Crippen LogP contribution in [0.15, 0.2) is 36.4 Å². The first-order chi connectivity index (χ1) is 12.7. The van der Waals surface area contributed by atoms with Crippen molar-refractivity contribution in [1.29, 1.82) is 0 Å². The van der Waals surface area contributed by atoms with E-state index in [9.17, 15) is 34.6 Å². The van der Waals surface area contributed by atoms with Gasteiger partial charge in [0.15, 0.2) is 0 Å². The van der Waals surface area contributed by atoms with Gasteiger partial charge in [0.25, 0.3) is 29.1 Å². The zero-order valence-electron chi connectivity index (χ0n) is 13.7. The Kier molecular flexibility index (Phi) is 4.12. The van der Waals surface area contributed by atoms with Crippen molar-refractivity contribution < 1.29 is 24.2 Å². The zero-order chi connectivity index (χ0) is 19.9. The molecule has 0 radical (unpaired) electrons. The van der Waals surface area contributed by atoms with Gasteiger partial charge in [-0.3, -0.25) is 39.5 Å². The van der Waals surface area contributed by atoms with Gasteiger partial charge >= 0.3 is 0 Å². The van der Waals surface area contributed by atoms with Gasteiger partial charge in [0.05, 0.1) is 27.0 Å². The summed E-state index contributed by atoms with van der Waals surface area (Å²) in [6, 6.07) is 6.66. The number of hydrogen-bond donors (Lipinski definition) is 1. The number of nitro groups is 2. The summed E-state index contributed by atoms with van der Waals surface area (Å²) in [5.74, 6) is -1.90. The molecule has 0 atom stereocenters. The predicted octanol–water partition coefficient (Wildman–Crippen LogP) is 1.98. The summed E-state index contributed by atoms with van der Waals surface area (Å²) in [4.78, 5) is 57.4. The van der Waals surface area contributed by atoms with Crippen LogP contribution < -0.4 is 5.32 Å². The Morgan fingerprint density at radius 3 is 2.26 bits per heavy atom. The second-order valence-electron chi connectivity index (χ2n) is 5.60. The van der Waals surface area contributed by atoms with Gasteiger partial charge in [0.2, 0.25) is 0 Å². The highest BCUT2D eigenvalue weighted by Crippen LogP contribution is 2.27. The third-order valence-corrected chi connectivity index (χ3v) is 3.98. The number of nitro benzene ring substituents is 2. The molecule has 0 spiro atoms. The van der Waals surface area contributed by atoms with Crippen LogP contribution in [0.3, 0.4) is 0 Å². The van der Waals surface area contributed by atoms with Gasteiger partial charge in [-0.1, -0.05) is 0 Å². The van der Waals surface area contributed by atoms with E-state index in [0.29, 0.717) is 6.07 Å². The number of benzene rings is 2. The van der Waals surface area contributed by atoms with Crippen molar-refractivity contribution in [3.63, 3.8) is 0 Å².